The van der Waals surface area contributed by atoms with Crippen LogP contribution < -0.4 is 15.5 Å². The number of aromatic nitrogens is 2. The van der Waals surface area contributed by atoms with Gasteiger partial charge in [0.1, 0.15) is 5.82 Å². The molecule has 1 saturated carbocycles. The summed E-state index contributed by atoms with van der Waals surface area (Å²) in [7, 11) is 3.88. The third-order valence-corrected chi connectivity index (χ3v) is 5.15. The Morgan fingerprint density at radius 3 is 2.31 bits per heavy atom. The van der Waals surface area contributed by atoms with E-state index in [9.17, 15) is 9.18 Å². The zero-order valence-electron chi connectivity index (χ0n) is 16.3. The Balaban J connectivity index is 1.43. The summed E-state index contributed by atoms with van der Waals surface area (Å²) in [5.74, 6) is 0.282. The fourth-order valence-corrected chi connectivity index (χ4v) is 3.24. The SMILES string of the molecule is CN(C)c1cnnc(Nc2ccc(NC(=O)C3(c4ccc(F)cc4)CC3)cc2)c1. The largest absolute Gasteiger partial charge is 0.376 e. The Morgan fingerprint density at radius 1 is 1.03 bits per heavy atom. The summed E-state index contributed by atoms with van der Waals surface area (Å²) in [6.07, 6.45) is 3.23. The first-order valence-electron chi connectivity index (χ1n) is 9.41. The van der Waals surface area contributed by atoms with E-state index in [4.69, 9.17) is 0 Å². The van der Waals surface area contributed by atoms with Gasteiger partial charge in [-0.15, -0.1) is 5.10 Å². The normalized spacial score (nSPS) is 14.2. The molecule has 2 aromatic carbocycles. The van der Waals surface area contributed by atoms with Gasteiger partial charge in [-0.3, -0.25) is 4.79 Å². The molecule has 0 saturated heterocycles. The highest BCUT2D eigenvalue weighted by Crippen LogP contribution is 2.49. The van der Waals surface area contributed by atoms with Gasteiger partial charge in [0.2, 0.25) is 5.91 Å². The van der Waals surface area contributed by atoms with Gasteiger partial charge in [-0.05, 0) is 54.8 Å². The first-order valence-corrected chi connectivity index (χ1v) is 9.41. The molecule has 0 unspecified atom stereocenters. The lowest BCUT2D eigenvalue weighted by atomic mass is 9.95. The van der Waals surface area contributed by atoms with Crippen molar-refractivity contribution in [3.05, 3.63) is 72.2 Å². The van der Waals surface area contributed by atoms with Gasteiger partial charge in [0, 0.05) is 31.5 Å². The van der Waals surface area contributed by atoms with Gasteiger partial charge in [-0.25, -0.2) is 4.39 Å². The fourth-order valence-electron chi connectivity index (χ4n) is 3.24. The quantitative estimate of drug-likeness (QED) is 0.662. The summed E-state index contributed by atoms with van der Waals surface area (Å²) >= 11 is 0. The highest BCUT2D eigenvalue weighted by atomic mass is 19.1. The number of benzene rings is 2. The molecule has 1 fully saturated rings. The molecule has 1 heterocycles. The van der Waals surface area contributed by atoms with E-state index in [1.165, 1.54) is 12.1 Å². The Bertz CT molecular complexity index is 1010. The smallest absolute Gasteiger partial charge is 0.235 e. The summed E-state index contributed by atoms with van der Waals surface area (Å²) in [6, 6.07) is 15.5. The van der Waals surface area contributed by atoms with Crippen LogP contribution in [-0.2, 0) is 10.2 Å². The van der Waals surface area contributed by atoms with E-state index in [1.807, 2.05) is 49.3 Å². The number of halogens is 1. The van der Waals surface area contributed by atoms with E-state index >= 15 is 0 Å². The molecule has 0 radical (unpaired) electrons. The molecule has 0 spiro atoms. The molecular formula is C22H22FN5O. The Labute approximate surface area is 168 Å². The van der Waals surface area contributed by atoms with Crippen LogP contribution in [0.2, 0.25) is 0 Å². The van der Waals surface area contributed by atoms with Crippen LogP contribution in [0.25, 0.3) is 0 Å². The topological polar surface area (TPSA) is 70.2 Å². The minimum absolute atomic E-state index is 0.0608. The van der Waals surface area contributed by atoms with E-state index in [0.717, 1.165) is 29.8 Å². The average Bonchev–Trinajstić information content (AvgIpc) is 3.52. The first-order chi connectivity index (χ1) is 14.0. The number of nitrogens with one attached hydrogen (secondary N) is 2. The molecule has 3 aromatic rings. The van der Waals surface area contributed by atoms with Crippen molar-refractivity contribution in [2.75, 3.05) is 29.6 Å². The van der Waals surface area contributed by atoms with Crippen LogP contribution in [0.5, 0.6) is 0 Å². The van der Waals surface area contributed by atoms with Crippen LogP contribution in [0, 0.1) is 5.82 Å². The van der Waals surface area contributed by atoms with Gasteiger partial charge >= 0.3 is 0 Å². The molecular weight excluding hydrogens is 369 g/mol. The number of amides is 1. The maximum Gasteiger partial charge on any atom is 0.235 e. The maximum absolute atomic E-state index is 13.2. The van der Waals surface area contributed by atoms with Crippen molar-refractivity contribution < 1.29 is 9.18 Å². The van der Waals surface area contributed by atoms with Crippen LogP contribution in [0.4, 0.5) is 27.3 Å². The van der Waals surface area contributed by atoms with Gasteiger partial charge in [0.05, 0.1) is 17.3 Å². The molecule has 7 heteroatoms. The van der Waals surface area contributed by atoms with Crippen molar-refractivity contribution in [3.8, 4) is 0 Å². The molecule has 1 amide bonds. The summed E-state index contributed by atoms with van der Waals surface area (Å²) in [6.45, 7) is 0. The molecule has 0 atom stereocenters. The monoisotopic (exact) mass is 391 g/mol. The van der Waals surface area contributed by atoms with Crippen molar-refractivity contribution in [1.29, 1.82) is 0 Å². The number of nitrogens with zero attached hydrogens (tertiary/aromatic N) is 3. The van der Waals surface area contributed by atoms with Gasteiger partial charge in [0.15, 0.2) is 5.82 Å². The third-order valence-electron chi connectivity index (χ3n) is 5.15. The highest BCUT2D eigenvalue weighted by Gasteiger charge is 2.51. The van der Waals surface area contributed by atoms with E-state index < -0.39 is 5.41 Å². The molecule has 6 nitrogen and oxygen atoms in total. The third kappa shape index (κ3) is 4.03. The molecule has 0 aliphatic heterocycles. The van der Waals surface area contributed by atoms with Crippen LogP contribution >= 0.6 is 0 Å². The van der Waals surface area contributed by atoms with E-state index in [2.05, 4.69) is 20.8 Å². The minimum Gasteiger partial charge on any atom is -0.376 e. The fraction of sp³-hybridized carbons (Fsp3) is 0.227. The van der Waals surface area contributed by atoms with Gasteiger partial charge < -0.3 is 15.5 Å². The van der Waals surface area contributed by atoms with Gasteiger partial charge in [0.25, 0.3) is 0 Å². The van der Waals surface area contributed by atoms with E-state index in [0.29, 0.717) is 11.5 Å². The van der Waals surface area contributed by atoms with Crippen molar-refractivity contribution in [1.82, 2.24) is 10.2 Å². The van der Waals surface area contributed by atoms with E-state index in [1.54, 1.807) is 18.3 Å². The van der Waals surface area contributed by atoms with E-state index in [-0.39, 0.29) is 11.7 Å². The van der Waals surface area contributed by atoms with Crippen LogP contribution in [-0.4, -0.2) is 30.2 Å². The second-order valence-corrected chi connectivity index (χ2v) is 7.44. The Morgan fingerprint density at radius 2 is 1.69 bits per heavy atom. The average molecular weight is 391 g/mol. The van der Waals surface area contributed by atoms with Crippen molar-refractivity contribution >= 4 is 28.8 Å². The lowest BCUT2D eigenvalue weighted by Crippen LogP contribution is -2.27. The number of rotatable bonds is 6. The summed E-state index contributed by atoms with van der Waals surface area (Å²) in [5, 5.41) is 14.3. The molecule has 1 aliphatic carbocycles. The molecule has 148 valence electrons. The number of hydrogen-bond donors (Lipinski definition) is 2. The minimum atomic E-state index is -0.549. The van der Waals surface area contributed by atoms with Crippen LogP contribution in [0.3, 0.4) is 0 Å². The van der Waals surface area contributed by atoms with Gasteiger partial charge in [-0.1, -0.05) is 12.1 Å². The summed E-state index contributed by atoms with van der Waals surface area (Å²) in [4.78, 5) is 14.8. The molecule has 0 bridgehead atoms. The maximum atomic E-state index is 13.2. The number of carbonyl (C=O) groups excluding carboxylic acids is 1. The number of hydrogen-bond acceptors (Lipinski definition) is 5. The standard InChI is InChI=1S/C22H22FN5O/c1-28(2)19-13-20(27-24-14-19)25-17-7-9-18(10-8-17)26-21(29)22(11-12-22)15-3-5-16(23)6-4-15/h3-10,13-14H,11-12H2,1-2H3,(H,25,27)(H,26,29). The number of carbonyl (C=O) groups is 1. The Hall–Kier alpha value is -3.48. The molecule has 1 aliphatic rings. The van der Waals surface area contributed by atoms with Crippen molar-refractivity contribution in [3.63, 3.8) is 0 Å². The summed E-state index contributed by atoms with van der Waals surface area (Å²) < 4.78 is 13.2. The molecule has 2 N–H and O–H groups in total. The number of anilines is 4. The predicted octanol–water partition coefficient (Wildman–Crippen LogP) is 4.10. The molecule has 29 heavy (non-hydrogen) atoms. The van der Waals surface area contributed by atoms with Crippen molar-refractivity contribution in [2.24, 2.45) is 0 Å². The van der Waals surface area contributed by atoms with Crippen molar-refractivity contribution in [2.45, 2.75) is 18.3 Å². The van der Waals surface area contributed by atoms with Gasteiger partial charge in [-0.2, -0.15) is 5.10 Å². The molecule has 4 rings (SSSR count). The lowest BCUT2D eigenvalue weighted by Gasteiger charge is -2.16. The first kappa shape index (κ1) is 18.9. The summed E-state index contributed by atoms with van der Waals surface area (Å²) in [5.41, 5.74) is 2.80. The Kier molecular flexibility index (Phi) is 4.88. The van der Waals surface area contributed by atoms with Crippen LogP contribution in [0.1, 0.15) is 18.4 Å². The highest BCUT2D eigenvalue weighted by molar-refractivity contribution is 6.01. The zero-order chi connectivity index (χ0) is 20.4. The second kappa shape index (κ2) is 7.50. The second-order valence-electron chi connectivity index (χ2n) is 7.44. The lowest BCUT2D eigenvalue weighted by molar-refractivity contribution is -0.118. The zero-order valence-corrected chi connectivity index (χ0v) is 16.3. The predicted molar refractivity (Wildman–Crippen MR) is 112 cm³/mol. The molecule has 1 aromatic heterocycles. The van der Waals surface area contributed by atoms with Crippen LogP contribution in [0.15, 0.2) is 60.8 Å².